The van der Waals surface area contributed by atoms with Gasteiger partial charge in [0.2, 0.25) is 0 Å². The maximum absolute atomic E-state index is 5.83. The zero-order valence-corrected chi connectivity index (χ0v) is 13.8. The maximum atomic E-state index is 5.83. The van der Waals surface area contributed by atoms with Crippen molar-refractivity contribution in [1.29, 1.82) is 0 Å². The van der Waals surface area contributed by atoms with E-state index in [1.54, 1.807) is 6.20 Å². The van der Waals surface area contributed by atoms with E-state index in [1.807, 2.05) is 67.0 Å². The fraction of sp³-hybridized carbons (Fsp3) is 0.0476. The van der Waals surface area contributed by atoms with Crippen LogP contribution in [-0.4, -0.2) is 15.2 Å². The van der Waals surface area contributed by atoms with Gasteiger partial charge in [-0.3, -0.25) is 10.1 Å². The molecular weight excluding hydrogens is 310 g/mol. The van der Waals surface area contributed by atoms with Gasteiger partial charge in [0.25, 0.3) is 0 Å². The third kappa shape index (κ3) is 3.28. The highest BCUT2D eigenvalue weighted by Crippen LogP contribution is 2.28. The van der Waals surface area contributed by atoms with Crippen molar-refractivity contribution in [3.8, 4) is 33.9 Å². The minimum Gasteiger partial charge on any atom is -0.457 e. The Balaban J connectivity index is 1.57. The molecular formula is C21H17N3O. The molecule has 0 bridgehead atoms. The molecule has 4 aromatic rings. The molecule has 122 valence electrons. The van der Waals surface area contributed by atoms with Crippen LogP contribution < -0.4 is 4.74 Å². The third-order valence-electron chi connectivity index (χ3n) is 4.02. The Morgan fingerprint density at radius 2 is 1.56 bits per heavy atom. The van der Waals surface area contributed by atoms with Gasteiger partial charge in [-0.2, -0.15) is 5.10 Å². The van der Waals surface area contributed by atoms with E-state index < -0.39 is 0 Å². The number of aromatic amines is 1. The molecule has 2 aromatic carbocycles. The number of H-pyrrole nitrogens is 1. The van der Waals surface area contributed by atoms with Crippen molar-refractivity contribution >= 4 is 0 Å². The highest BCUT2D eigenvalue weighted by Gasteiger charge is 2.07. The summed E-state index contributed by atoms with van der Waals surface area (Å²) in [6.45, 7) is 2.06. The van der Waals surface area contributed by atoms with E-state index in [0.29, 0.717) is 0 Å². The Bertz CT molecular complexity index is 962. The molecule has 2 heterocycles. The number of hydrogen-bond acceptors (Lipinski definition) is 3. The summed E-state index contributed by atoms with van der Waals surface area (Å²) in [7, 11) is 0. The summed E-state index contributed by atoms with van der Waals surface area (Å²) in [5.74, 6) is 1.65. The molecule has 0 saturated carbocycles. The first-order chi connectivity index (χ1) is 12.3. The van der Waals surface area contributed by atoms with E-state index in [1.165, 1.54) is 0 Å². The summed E-state index contributed by atoms with van der Waals surface area (Å²) >= 11 is 0. The Morgan fingerprint density at radius 1 is 0.800 bits per heavy atom. The largest absolute Gasteiger partial charge is 0.457 e. The first kappa shape index (κ1) is 15.1. The van der Waals surface area contributed by atoms with Gasteiger partial charge in [-0.1, -0.05) is 30.3 Å². The van der Waals surface area contributed by atoms with E-state index in [2.05, 4.69) is 28.2 Å². The van der Waals surface area contributed by atoms with Crippen molar-refractivity contribution in [2.45, 2.75) is 6.92 Å². The van der Waals surface area contributed by atoms with Gasteiger partial charge >= 0.3 is 0 Å². The van der Waals surface area contributed by atoms with Gasteiger partial charge < -0.3 is 4.74 Å². The molecule has 0 spiro atoms. The van der Waals surface area contributed by atoms with Crippen LogP contribution in [0.15, 0.2) is 79.3 Å². The van der Waals surface area contributed by atoms with Crippen molar-refractivity contribution in [2.75, 3.05) is 0 Å². The van der Waals surface area contributed by atoms with Crippen molar-refractivity contribution in [2.24, 2.45) is 0 Å². The zero-order chi connectivity index (χ0) is 17.1. The van der Waals surface area contributed by atoms with Crippen molar-refractivity contribution < 1.29 is 4.74 Å². The number of ether oxygens (including phenoxy) is 1. The molecule has 1 N–H and O–H groups in total. The third-order valence-corrected chi connectivity index (χ3v) is 4.02. The Labute approximate surface area is 146 Å². The summed E-state index contributed by atoms with van der Waals surface area (Å²) < 4.78 is 5.83. The Hall–Kier alpha value is -3.40. The highest BCUT2D eigenvalue weighted by atomic mass is 16.5. The van der Waals surface area contributed by atoms with Gasteiger partial charge in [0.05, 0.1) is 11.9 Å². The molecule has 0 aliphatic heterocycles. The first-order valence-electron chi connectivity index (χ1n) is 8.09. The predicted molar refractivity (Wildman–Crippen MR) is 98.5 cm³/mol. The number of nitrogens with one attached hydrogen (secondary N) is 1. The maximum Gasteiger partial charge on any atom is 0.127 e. The van der Waals surface area contributed by atoms with Crippen LogP contribution in [0.2, 0.25) is 0 Å². The van der Waals surface area contributed by atoms with E-state index in [4.69, 9.17) is 4.74 Å². The molecule has 0 fully saturated rings. The normalized spacial score (nSPS) is 10.6. The SMILES string of the molecule is Cc1cc(-c2ccc(Oc3ccccc3)cc2)cnc1-c1cn[nH]c1. The summed E-state index contributed by atoms with van der Waals surface area (Å²) in [6.07, 6.45) is 5.53. The van der Waals surface area contributed by atoms with Crippen molar-refractivity contribution in [3.05, 3.63) is 84.8 Å². The van der Waals surface area contributed by atoms with Gasteiger partial charge in [-0.25, -0.2) is 0 Å². The molecule has 0 aliphatic carbocycles. The predicted octanol–water partition coefficient (Wildman–Crippen LogP) is 5.24. The number of hydrogen-bond donors (Lipinski definition) is 1. The number of rotatable bonds is 4. The lowest BCUT2D eigenvalue weighted by Crippen LogP contribution is -1.89. The molecule has 25 heavy (non-hydrogen) atoms. The van der Waals surface area contributed by atoms with Crippen LogP contribution >= 0.6 is 0 Å². The average Bonchev–Trinajstić information content (AvgIpc) is 3.17. The van der Waals surface area contributed by atoms with Gasteiger partial charge in [0.1, 0.15) is 11.5 Å². The van der Waals surface area contributed by atoms with E-state index >= 15 is 0 Å². The average molecular weight is 327 g/mol. The number of nitrogens with zero attached hydrogens (tertiary/aromatic N) is 2. The van der Waals surface area contributed by atoms with E-state index in [0.717, 1.165) is 39.4 Å². The summed E-state index contributed by atoms with van der Waals surface area (Å²) in [4.78, 5) is 4.60. The minimum atomic E-state index is 0.814. The number of pyridine rings is 1. The standard InChI is InChI=1S/C21H17N3O/c1-15-11-17(12-22-21(15)18-13-23-24-14-18)16-7-9-20(10-8-16)25-19-5-3-2-4-6-19/h2-14H,1H3,(H,23,24). The first-order valence-corrected chi connectivity index (χ1v) is 8.09. The van der Waals surface area contributed by atoms with Crippen molar-refractivity contribution in [3.63, 3.8) is 0 Å². The van der Waals surface area contributed by atoms with Gasteiger partial charge in [0, 0.05) is 23.5 Å². The van der Waals surface area contributed by atoms with Crippen LogP contribution in [0.3, 0.4) is 0 Å². The summed E-state index contributed by atoms with van der Waals surface area (Å²) in [6, 6.07) is 20.0. The van der Waals surface area contributed by atoms with Gasteiger partial charge in [-0.05, 0) is 48.4 Å². The van der Waals surface area contributed by atoms with Crippen LogP contribution in [-0.2, 0) is 0 Å². The monoisotopic (exact) mass is 327 g/mol. The molecule has 0 atom stereocenters. The minimum absolute atomic E-state index is 0.814. The van der Waals surface area contributed by atoms with Crippen molar-refractivity contribution in [1.82, 2.24) is 15.2 Å². The molecule has 0 radical (unpaired) electrons. The lowest BCUT2D eigenvalue weighted by Gasteiger charge is -2.09. The van der Waals surface area contributed by atoms with Crippen LogP contribution in [0.5, 0.6) is 11.5 Å². The Kier molecular flexibility index (Phi) is 4.01. The van der Waals surface area contributed by atoms with Crippen LogP contribution in [0, 0.1) is 6.92 Å². The van der Waals surface area contributed by atoms with Crippen LogP contribution in [0.4, 0.5) is 0 Å². The van der Waals surface area contributed by atoms with E-state index in [-0.39, 0.29) is 0 Å². The Morgan fingerprint density at radius 3 is 2.24 bits per heavy atom. The molecule has 0 unspecified atom stereocenters. The molecule has 4 heteroatoms. The number of aromatic nitrogens is 3. The molecule has 4 rings (SSSR count). The number of para-hydroxylation sites is 1. The quantitative estimate of drug-likeness (QED) is 0.557. The van der Waals surface area contributed by atoms with Gasteiger partial charge in [0.15, 0.2) is 0 Å². The fourth-order valence-electron chi connectivity index (χ4n) is 2.76. The zero-order valence-electron chi connectivity index (χ0n) is 13.8. The molecule has 0 saturated heterocycles. The second kappa shape index (κ2) is 6.61. The van der Waals surface area contributed by atoms with E-state index in [9.17, 15) is 0 Å². The smallest absolute Gasteiger partial charge is 0.127 e. The molecule has 0 amide bonds. The fourth-order valence-corrected chi connectivity index (χ4v) is 2.76. The molecule has 4 nitrogen and oxygen atoms in total. The van der Waals surface area contributed by atoms with Crippen LogP contribution in [0.25, 0.3) is 22.4 Å². The lowest BCUT2D eigenvalue weighted by atomic mass is 10.0. The second-order valence-corrected chi connectivity index (χ2v) is 5.82. The summed E-state index contributed by atoms with van der Waals surface area (Å²) in [5, 5.41) is 6.81. The van der Waals surface area contributed by atoms with Crippen LogP contribution in [0.1, 0.15) is 5.56 Å². The second-order valence-electron chi connectivity index (χ2n) is 5.82. The molecule has 2 aromatic heterocycles. The number of benzene rings is 2. The van der Waals surface area contributed by atoms with Gasteiger partial charge in [-0.15, -0.1) is 0 Å². The topological polar surface area (TPSA) is 50.8 Å². The summed E-state index contributed by atoms with van der Waals surface area (Å²) in [5.41, 5.74) is 5.24. The molecule has 0 aliphatic rings. The lowest BCUT2D eigenvalue weighted by molar-refractivity contribution is 0.483. The number of aryl methyl sites for hydroxylation is 1. The highest BCUT2D eigenvalue weighted by molar-refractivity contribution is 5.69.